The summed E-state index contributed by atoms with van der Waals surface area (Å²) in [5, 5.41) is 6.63. The van der Waals surface area contributed by atoms with Gasteiger partial charge in [-0.3, -0.25) is 14.9 Å². The molecule has 0 aliphatic rings. The van der Waals surface area contributed by atoms with E-state index in [4.69, 9.17) is 4.42 Å². The summed E-state index contributed by atoms with van der Waals surface area (Å²) in [7, 11) is 0. The van der Waals surface area contributed by atoms with E-state index in [-0.39, 0.29) is 17.6 Å². The largest absolute Gasteiger partial charge is 0.459 e. The number of benzene rings is 2. The molecule has 2 amide bonds. The minimum atomic E-state index is -0.379. The summed E-state index contributed by atoms with van der Waals surface area (Å²) in [4.78, 5) is 29.9. The predicted octanol–water partition coefficient (Wildman–Crippen LogP) is 5.78. The van der Waals surface area contributed by atoms with E-state index < -0.39 is 0 Å². The summed E-state index contributed by atoms with van der Waals surface area (Å²) in [5.74, 6) is -0.427. The molecule has 31 heavy (non-hydrogen) atoms. The van der Waals surface area contributed by atoms with Crippen molar-refractivity contribution in [2.75, 3.05) is 10.6 Å². The lowest BCUT2D eigenvalue weighted by Gasteiger charge is -2.04. The minimum Gasteiger partial charge on any atom is -0.459 e. The Kier molecular flexibility index (Phi) is 5.95. The second kappa shape index (κ2) is 8.97. The fourth-order valence-corrected chi connectivity index (χ4v) is 3.92. The van der Waals surface area contributed by atoms with E-state index in [1.807, 2.05) is 56.3 Å². The van der Waals surface area contributed by atoms with Gasteiger partial charge in [-0.25, -0.2) is 4.98 Å². The Morgan fingerprint density at radius 2 is 1.81 bits per heavy atom. The first-order valence-corrected chi connectivity index (χ1v) is 10.7. The number of amides is 2. The van der Waals surface area contributed by atoms with E-state index in [0.29, 0.717) is 21.4 Å². The number of aryl methyl sites for hydroxylation is 2. The molecular weight excluding hydrogens is 410 g/mol. The number of nitrogens with zero attached hydrogens (tertiary/aromatic N) is 1. The summed E-state index contributed by atoms with van der Waals surface area (Å²) in [5.41, 5.74) is 4.18. The third-order valence-electron chi connectivity index (χ3n) is 4.74. The van der Waals surface area contributed by atoms with Crippen molar-refractivity contribution in [2.45, 2.75) is 20.3 Å². The van der Waals surface area contributed by atoms with Gasteiger partial charge < -0.3 is 9.73 Å². The molecule has 0 unspecified atom stereocenters. The highest BCUT2D eigenvalue weighted by molar-refractivity contribution is 7.20. The fraction of sp³-hybridized carbons (Fsp3) is 0.125. The molecule has 2 N–H and O–H groups in total. The van der Waals surface area contributed by atoms with Crippen molar-refractivity contribution < 1.29 is 14.0 Å². The van der Waals surface area contributed by atoms with Crippen molar-refractivity contribution in [3.05, 3.63) is 89.4 Å². The van der Waals surface area contributed by atoms with Gasteiger partial charge in [-0.05, 0) is 43.2 Å². The van der Waals surface area contributed by atoms with Crippen LogP contribution in [0, 0.1) is 6.92 Å². The quantitative estimate of drug-likeness (QED) is 0.405. The van der Waals surface area contributed by atoms with Gasteiger partial charge >= 0.3 is 0 Å². The summed E-state index contributed by atoms with van der Waals surface area (Å²) in [6.07, 6.45) is 2.29. The van der Waals surface area contributed by atoms with Crippen molar-refractivity contribution in [3.8, 4) is 11.3 Å². The Morgan fingerprint density at radius 1 is 1.00 bits per heavy atom. The Balaban J connectivity index is 1.64. The zero-order valence-corrected chi connectivity index (χ0v) is 18.0. The van der Waals surface area contributed by atoms with Crippen LogP contribution < -0.4 is 10.6 Å². The molecule has 0 radical (unpaired) electrons. The summed E-state index contributed by atoms with van der Waals surface area (Å²) in [6.45, 7) is 4.04. The summed E-state index contributed by atoms with van der Waals surface area (Å²) in [6, 6.07) is 18.5. The van der Waals surface area contributed by atoms with Gasteiger partial charge in [0.15, 0.2) is 10.9 Å². The first-order valence-electron chi connectivity index (χ1n) is 9.86. The highest BCUT2D eigenvalue weighted by atomic mass is 32.1. The number of hydrogen-bond acceptors (Lipinski definition) is 5. The number of anilines is 2. The van der Waals surface area contributed by atoms with Crippen LogP contribution in [0.15, 0.2) is 71.3 Å². The lowest BCUT2D eigenvalue weighted by Crippen LogP contribution is -2.11. The normalized spacial score (nSPS) is 10.6. The van der Waals surface area contributed by atoms with E-state index in [1.54, 1.807) is 18.2 Å². The molecule has 2 aromatic heterocycles. The number of carbonyl (C=O) groups is 2. The molecule has 0 aliphatic heterocycles. The number of carbonyl (C=O) groups excluding carboxylic acids is 2. The topological polar surface area (TPSA) is 84.2 Å². The third kappa shape index (κ3) is 4.73. The van der Waals surface area contributed by atoms with Crippen LogP contribution in [-0.4, -0.2) is 16.8 Å². The van der Waals surface area contributed by atoms with Crippen molar-refractivity contribution >= 4 is 33.3 Å². The highest BCUT2D eigenvalue weighted by Gasteiger charge is 2.19. The van der Waals surface area contributed by atoms with Crippen LogP contribution in [0.2, 0.25) is 0 Å². The number of furan rings is 1. The number of rotatable bonds is 6. The van der Waals surface area contributed by atoms with Gasteiger partial charge in [-0.2, -0.15) is 0 Å². The van der Waals surface area contributed by atoms with Crippen LogP contribution in [-0.2, 0) is 6.42 Å². The molecule has 0 spiro atoms. The summed E-state index contributed by atoms with van der Waals surface area (Å²) >= 11 is 1.20. The smallest absolute Gasteiger partial charge is 0.292 e. The van der Waals surface area contributed by atoms with Crippen LogP contribution in [0.4, 0.5) is 10.1 Å². The number of thiazole rings is 1. The van der Waals surface area contributed by atoms with Crippen molar-refractivity contribution in [1.82, 2.24) is 4.98 Å². The Bertz CT molecular complexity index is 1210. The molecule has 4 aromatic rings. The van der Waals surface area contributed by atoms with Gasteiger partial charge in [0.2, 0.25) is 0 Å². The second-order valence-corrected chi connectivity index (χ2v) is 8.00. The van der Waals surface area contributed by atoms with E-state index in [9.17, 15) is 9.59 Å². The molecule has 156 valence electrons. The molecule has 7 heteroatoms. The van der Waals surface area contributed by atoms with E-state index in [0.717, 1.165) is 23.1 Å². The standard InChI is InChI=1S/C24H21N3O3S/c1-3-16-6-4-7-18(14-16)21(28)27-24-25-20(17-11-9-15(2)10-12-17)23(31-24)26-22(29)19-8-5-13-30-19/h4-14H,3H2,1-2H3,(H,26,29)(H,25,27,28). The van der Waals surface area contributed by atoms with Crippen molar-refractivity contribution in [3.63, 3.8) is 0 Å². The number of hydrogen-bond donors (Lipinski definition) is 2. The molecule has 6 nitrogen and oxygen atoms in total. The Labute approximate surface area is 184 Å². The van der Waals surface area contributed by atoms with Gasteiger partial charge in [-0.1, -0.05) is 60.2 Å². The maximum Gasteiger partial charge on any atom is 0.292 e. The predicted molar refractivity (Wildman–Crippen MR) is 123 cm³/mol. The molecule has 4 rings (SSSR count). The van der Waals surface area contributed by atoms with Crippen LogP contribution in [0.3, 0.4) is 0 Å². The van der Waals surface area contributed by atoms with Crippen LogP contribution >= 0.6 is 11.3 Å². The first kappa shape index (κ1) is 20.6. The van der Waals surface area contributed by atoms with E-state index in [1.165, 1.54) is 17.6 Å². The highest BCUT2D eigenvalue weighted by Crippen LogP contribution is 2.36. The zero-order chi connectivity index (χ0) is 21.8. The molecular formula is C24H21N3O3S. The molecule has 0 bridgehead atoms. The lowest BCUT2D eigenvalue weighted by molar-refractivity contribution is 0.0995. The van der Waals surface area contributed by atoms with Gasteiger partial charge in [0, 0.05) is 11.1 Å². The molecule has 0 atom stereocenters. The molecule has 2 heterocycles. The maximum atomic E-state index is 12.7. The van der Waals surface area contributed by atoms with Gasteiger partial charge in [-0.15, -0.1) is 0 Å². The Hall–Kier alpha value is -3.71. The molecule has 0 saturated carbocycles. The average molecular weight is 432 g/mol. The average Bonchev–Trinajstić information content (AvgIpc) is 3.45. The molecule has 0 aliphatic carbocycles. The fourth-order valence-electron chi connectivity index (χ4n) is 3.04. The van der Waals surface area contributed by atoms with Crippen molar-refractivity contribution in [1.29, 1.82) is 0 Å². The molecule has 2 aromatic carbocycles. The van der Waals surface area contributed by atoms with E-state index >= 15 is 0 Å². The number of aromatic nitrogens is 1. The third-order valence-corrected chi connectivity index (χ3v) is 5.63. The number of nitrogens with one attached hydrogen (secondary N) is 2. The van der Waals surface area contributed by atoms with Crippen LogP contribution in [0.1, 0.15) is 39.0 Å². The van der Waals surface area contributed by atoms with Crippen LogP contribution in [0.5, 0.6) is 0 Å². The monoisotopic (exact) mass is 431 g/mol. The molecule has 0 saturated heterocycles. The minimum absolute atomic E-state index is 0.199. The van der Waals surface area contributed by atoms with Gasteiger partial charge in [0.25, 0.3) is 11.8 Å². The zero-order valence-electron chi connectivity index (χ0n) is 17.1. The van der Waals surface area contributed by atoms with Gasteiger partial charge in [0.1, 0.15) is 10.7 Å². The van der Waals surface area contributed by atoms with E-state index in [2.05, 4.69) is 15.6 Å². The van der Waals surface area contributed by atoms with Crippen molar-refractivity contribution in [2.24, 2.45) is 0 Å². The second-order valence-electron chi connectivity index (χ2n) is 7.00. The van der Waals surface area contributed by atoms with Crippen LogP contribution in [0.25, 0.3) is 11.3 Å². The maximum absolute atomic E-state index is 12.7. The Morgan fingerprint density at radius 3 is 2.52 bits per heavy atom. The first-order chi connectivity index (χ1) is 15.0. The lowest BCUT2D eigenvalue weighted by atomic mass is 10.1. The van der Waals surface area contributed by atoms with Gasteiger partial charge in [0.05, 0.1) is 6.26 Å². The SMILES string of the molecule is CCc1cccc(C(=O)Nc2nc(-c3ccc(C)cc3)c(NC(=O)c3ccco3)s2)c1. The summed E-state index contributed by atoms with van der Waals surface area (Å²) < 4.78 is 5.18. The molecule has 0 fully saturated rings.